The number of benzene rings is 2. The van der Waals surface area contributed by atoms with Gasteiger partial charge >= 0.3 is 0 Å². The molecule has 0 radical (unpaired) electrons. The highest BCUT2D eigenvalue weighted by atomic mass is 79.9. The Morgan fingerprint density at radius 1 is 1.11 bits per heavy atom. The lowest BCUT2D eigenvalue weighted by Gasteiger charge is -2.08. The lowest BCUT2D eigenvalue weighted by atomic mass is 10.1. The molecule has 0 aliphatic heterocycles. The first-order valence-corrected chi connectivity index (χ1v) is 6.89. The Hall–Kier alpha value is -1.13. The molecule has 0 amide bonds. The van der Waals surface area contributed by atoms with Gasteiger partial charge in [0.1, 0.15) is 11.5 Å². The molecule has 4 heteroatoms. The van der Waals surface area contributed by atoms with Crippen LogP contribution in [0.25, 0.3) is 0 Å². The summed E-state index contributed by atoms with van der Waals surface area (Å²) in [7, 11) is 0. The zero-order valence-corrected chi connectivity index (χ0v) is 12.8. The van der Waals surface area contributed by atoms with E-state index >= 15 is 0 Å². The van der Waals surface area contributed by atoms with Crippen molar-refractivity contribution >= 4 is 37.6 Å². The van der Waals surface area contributed by atoms with Crippen molar-refractivity contribution in [3.05, 3.63) is 57.0 Å². The molecule has 0 aliphatic carbocycles. The summed E-state index contributed by atoms with van der Waals surface area (Å²) in [5, 5.41) is 0. The summed E-state index contributed by atoms with van der Waals surface area (Å²) in [5.74, 6) is 1.37. The number of carbonyl (C=O) groups excluding carboxylic acids is 1. The molecule has 0 heterocycles. The molecule has 0 saturated heterocycles. The Labute approximate surface area is 122 Å². The minimum atomic E-state index is 0.0234. The van der Waals surface area contributed by atoms with Crippen molar-refractivity contribution in [2.45, 2.75) is 6.92 Å². The van der Waals surface area contributed by atoms with E-state index in [9.17, 15) is 4.79 Å². The van der Waals surface area contributed by atoms with E-state index < -0.39 is 0 Å². The number of carbonyl (C=O) groups is 1. The van der Waals surface area contributed by atoms with Gasteiger partial charge in [-0.05, 0) is 53.2 Å². The average molecular weight is 370 g/mol. The third-order valence-electron chi connectivity index (χ3n) is 2.36. The van der Waals surface area contributed by atoms with Gasteiger partial charge in [0, 0.05) is 10.0 Å². The highest BCUT2D eigenvalue weighted by Gasteiger charge is 2.05. The Balaban J connectivity index is 2.28. The van der Waals surface area contributed by atoms with Crippen LogP contribution in [-0.2, 0) is 0 Å². The van der Waals surface area contributed by atoms with Crippen LogP contribution in [0.5, 0.6) is 11.5 Å². The minimum Gasteiger partial charge on any atom is -0.456 e. The quantitative estimate of drug-likeness (QED) is 0.694. The van der Waals surface area contributed by atoms with Crippen molar-refractivity contribution in [1.82, 2.24) is 0 Å². The number of halogens is 2. The van der Waals surface area contributed by atoms with Gasteiger partial charge in [0.25, 0.3) is 0 Å². The number of Topliss-reactive ketones (excluding diaryl/α,β-unsaturated/α-hetero) is 1. The molecule has 0 aliphatic rings. The van der Waals surface area contributed by atoms with Crippen molar-refractivity contribution in [2.24, 2.45) is 0 Å². The first-order chi connectivity index (χ1) is 8.56. The SMILES string of the molecule is CC(=O)c1cccc(Oc2ccc(Br)cc2Br)c1. The van der Waals surface area contributed by atoms with Crippen molar-refractivity contribution in [2.75, 3.05) is 0 Å². The predicted molar refractivity (Wildman–Crippen MR) is 78.4 cm³/mol. The van der Waals surface area contributed by atoms with Crippen LogP contribution in [-0.4, -0.2) is 5.78 Å². The van der Waals surface area contributed by atoms with Gasteiger partial charge in [-0.2, -0.15) is 0 Å². The van der Waals surface area contributed by atoms with Crippen LogP contribution in [0.4, 0.5) is 0 Å². The smallest absolute Gasteiger partial charge is 0.159 e. The lowest BCUT2D eigenvalue weighted by molar-refractivity contribution is 0.101. The van der Waals surface area contributed by atoms with E-state index in [0.717, 1.165) is 8.95 Å². The molecule has 18 heavy (non-hydrogen) atoms. The predicted octanol–water partition coefficient (Wildman–Crippen LogP) is 5.21. The van der Waals surface area contributed by atoms with Crippen LogP contribution in [0.2, 0.25) is 0 Å². The minimum absolute atomic E-state index is 0.0234. The lowest BCUT2D eigenvalue weighted by Crippen LogP contribution is -1.92. The summed E-state index contributed by atoms with van der Waals surface area (Å²) in [6, 6.07) is 12.8. The second kappa shape index (κ2) is 5.67. The number of ketones is 1. The largest absolute Gasteiger partial charge is 0.456 e. The van der Waals surface area contributed by atoms with E-state index in [4.69, 9.17) is 4.74 Å². The van der Waals surface area contributed by atoms with Crippen molar-refractivity contribution < 1.29 is 9.53 Å². The fraction of sp³-hybridized carbons (Fsp3) is 0.0714. The number of hydrogen-bond acceptors (Lipinski definition) is 2. The Morgan fingerprint density at radius 2 is 1.89 bits per heavy atom. The van der Waals surface area contributed by atoms with E-state index in [1.165, 1.54) is 6.92 Å². The van der Waals surface area contributed by atoms with Crippen LogP contribution in [0.3, 0.4) is 0 Å². The third kappa shape index (κ3) is 3.21. The molecular weight excluding hydrogens is 360 g/mol. The summed E-state index contributed by atoms with van der Waals surface area (Å²) in [4.78, 5) is 11.3. The second-order valence-corrected chi connectivity index (χ2v) is 5.53. The maximum Gasteiger partial charge on any atom is 0.159 e. The maximum absolute atomic E-state index is 11.3. The van der Waals surface area contributed by atoms with Crippen molar-refractivity contribution in [3.8, 4) is 11.5 Å². The molecule has 92 valence electrons. The average Bonchev–Trinajstić information content (AvgIpc) is 2.33. The van der Waals surface area contributed by atoms with Gasteiger partial charge in [-0.25, -0.2) is 0 Å². The van der Waals surface area contributed by atoms with Gasteiger partial charge in [0.2, 0.25) is 0 Å². The summed E-state index contributed by atoms with van der Waals surface area (Å²) < 4.78 is 7.56. The Morgan fingerprint density at radius 3 is 2.56 bits per heavy atom. The van der Waals surface area contributed by atoms with Crippen LogP contribution in [0, 0.1) is 0 Å². The van der Waals surface area contributed by atoms with Crippen LogP contribution < -0.4 is 4.74 Å². The Kier molecular flexibility index (Phi) is 4.19. The first kappa shape index (κ1) is 13.3. The molecule has 0 N–H and O–H groups in total. The molecule has 0 spiro atoms. The summed E-state index contributed by atoms with van der Waals surface area (Å²) >= 11 is 6.81. The van der Waals surface area contributed by atoms with E-state index in [2.05, 4.69) is 31.9 Å². The highest BCUT2D eigenvalue weighted by molar-refractivity contribution is 9.11. The van der Waals surface area contributed by atoms with E-state index in [1.807, 2.05) is 24.3 Å². The topological polar surface area (TPSA) is 26.3 Å². The first-order valence-electron chi connectivity index (χ1n) is 5.30. The van der Waals surface area contributed by atoms with Gasteiger partial charge in [-0.15, -0.1) is 0 Å². The number of rotatable bonds is 3. The molecule has 0 fully saturated rings. The molecule has 0 unspecified atom stereocenters. The molecule has 0 saturated carbocycles. The van der Waals surface area contributed by atoms with E-state index in [1.54, 1.807) is 18.2 Å². The summed E-state index contributed by atoms with van der Waals surface area (Å²) in [5.41, 5.74) is 0.640. The van der Waals surface area contributed by atoms with Crippen LogP contribution in [0.15, 0.2) is 51.4 Å². The van der Waals surface area contributed by atoms with Gasteiger partial charge in [-0.3, -0.25) is 4.79 Å². The van der Waals surface area contributed by atoms with Gasteiger partial charge in [0.15, 0.2) is 5.78 Å². The number of ether oxygens (including phenoxy) is 1. The van der Waals surface area contributed by atoms with Crippen LogP contribution in [0.1, 0.15) is 17.3 Å². The van der Waals surface area contributed by atoms with Gasteiger partial charge in [-0.1, -0.05) is 28.1 Å². The van der Waals surface area contributed by atoms with Crippen LogP contribution >= 0.6 is 31.9 Å². The highest BCUT2D eigenvalue weighted by Crippen LogP contribution is 2.32. The van der Waals surface area contributed by atoms with Gasteiger partial charge in [0.05, 0.1) is 4.47 Å². The molecule has 2 aromatic rings. The zero-order chi connectivity index (χ0) is 13.1. The molecule has 0 bridgehead atoms. The van der Waals surface area contributed by atoms with Crippen molar-refractivity contribution in [1.29, 1.82) is 0 Å². The maximum atomic E-state index is 11.3. The normalized spacial score (nSPS) is 10.2. The second-order valence-electron chi connectivity index (χ2n) is 3.76. The molecule has 2 nitrogen and oxygen atoms in total. The Bertz CT molecular complexity index is 594. The summed E-state index contributed by atoms with van der Waals surface area (Å²) in [6.45, 7) is 1.54. The molecule has 0 atom stereocenters. The fourth-order valence-corrected chi connectivity index (χ4v) is 2.59. The zero-order valence-electron chi connectivity index (χ0n) is 9.61. The molecule has 2 rings (SSSR count). The standard InChI is InChI=1S/C14H10Br2O2/c1-9(17)10-3-2-4-12(7-10)18-14-6-5-11(15)8-13(14)16/h2-8H,1H3. The van der Waals surface area contributed by atoms with E-state index in [0.29, 0.717) is 17.1 Å². The van der Waals surface area contributed by atoms with E-state index in [-0.39, 0.29) is 5.78 Å². The molecular formula is C14H10Br2O2. The fourth-order valence-electron chi connectivity index (χ4n) is 1.46. The monoisotopic (exact) mass is 368 g/mol. The third-order valence-corrected chi connectivity index (χ3v) is 3.48. The van der Waals surface area contributed by atoms with Crippen molar-refractivity contribution in [3.63, 3.8) is 0 Å². The molecule has 0 aromatic heterocycles. The summed E-state index contributed by atoms with van der Waals surface area (Å²) in [6.07, 6.45) is 0. The molecule has 2 aromatic carbocycles. The number of hydrogen-bond donors (Lipinski definition) is 0. The van der Waals surface area contributed by atoms with Gasteiger partial charge < -0.3 is 4.74 Å².